The molecule has 0 aliphatic rings. The van der Waals surface area contributed by atoms with Gasteiger partial charge in [0.2, 0.25) is 5.91 Å². The molecule has 0 aromatic carbocycles. The number of carbonyl (C=O) groups is 2. The smallest absolute Gasteiger partial charge is 0.258 e. The number of rotatable bonds is 5. The molecule has 2 aromatic heterocycles. The van der Waals surface area contributed by atoms with Crippen molar-refractivity contribution in [3.05, 3.63) is 23.0 Å². The first-order valence-corrected chi connectivity index (χ1v) is 7.65. The number of nitrogens with one attached hydrogen (secondary N) is 1. The Morgan fingerprint density at radius 1 is 1.35 bits per heavy atom. The van der Waals surface area contributed by atoms with E-state index in [9.17, 15) is 9.59 Å². The summed E-state index contributed by atoms with van der Waals surface area (Å²) in [5.74, 6) is -0.410. The van der Waals surface area contributed by atoms with Crippen LogP contribution in [0.4, 0.5) is 0 Å². The molecule has 0 aliphatic heterocycles. The summed E-state index contributed by atoms with van der Waals surface area (Å²) in [5, 5.41) is 7.27. The average molecular weight is 318 g/mol. The highest BCUT2D eigenvalue weighted by molar-refractivity contribution is 6.06. The van der Waals surface area contributed by atoms with E-state index in [1.165, 1.54) is 4.90 Å². The van der Waals surface area contributed by atoms with Crippen LogP contribution in [0, 0.1) is 13.8 Å². The van der Waals surface area contributed by atoms with Crippen LogP contribution in [0.3, 0.4) is 0 Å². The Kier molecular flexibility index (Phi) is 4.98. The second-order valence-electron chi connectivity index (χ2n) is 5.80. The zero-order valence-corrected chi connectivity index (χ0v) is 14.1. The molecule has 0 spiro atoms. The van der Waals surface area contributed by atoms with Crippen molar-refractivity contribution in [2.75, 3.05) is 13.1 Å². The fourth-order valence-electron chi connectivity index (χ4n) is 2.42. The molecule has 2 rings (SSSR count). The number of hydrogen-bond donors (Lipinski definition) is 1. The molecule has 0 saturated carbocycles. The van der Waals surface area contributed by atoms with E-state index in [0.717, 1.165) is 0 Å². The van der Waals surface area contributed by atoms with Crippen molar-refractivity contribution in [3.8, 4) is 0 Å². The Labute approximate surface area is 135 Å². The Morgan fingerprint density at radius 3 is 2.65 bits per heavy atom. The molecule has 2 aromatic rings. The van der Waals surface area contributed by atoms with Gasteiger partial charge >= 0.3 is 0 Å². The molecule has 7 nitrogen and oxygen atoms in total. The second kappa shape index (κ2) is 6.76. The second-order valence-corrected chi connectivity index (χ2v) is 5.80. The number of hydrogen-bond acceptors (Lipinski definition) is 5. The summed E-state index contributed by atoms with van der Waals surface area (Å²) in [5.41, 5.74) is 2.08. The summed E-state index contributed by atoms with van der Waals surface area (Å²) in [4.78, 5) is 30.6. The van der Waals surface area contributed by atoms with E-state index in [0.29, 0.717) is 34.6 Å². The maximum absolute atomic E-state index is 12.9. The van der Waals surface area contributed by atoms with Gasteiger partial charge in [-0.1, -0.05) is 5.16 Å². The number of pyridine rings is 1. The van der Waals surface area contributed by atoms with E-state index < -0.39 is 0 Å². The van der Waals surface area contributed by atoms with Gasteiger partial charge in [0.05, 0.1) is 23.2 Å². The van der Waals surface area contributed by atoms with Crippen LogP contribution in [0.5, 0.6) is 0 Å². The van der Waals surface area contributed by atoms with Gasteiger partial charge in [0.25, 0.3) is 11.6 Å². The van der Waals surface area contributed by atoms with E-state index in [2.05, 4.69) is 15.5 Å². The summed E-state index contributed by atoms with van der Waals surface area (Å²) in [6.45, 7) is 9.60. The van der Waals surface area contributed by atoms with Crippen LogP contribution in [-0.4, -0.2) is 46.0 Å². The zero-order chi connectivity index (χ0) is 17.1. The number of amides is 2. The Balaban J connectivity index is 2.34. The highest BCUT2D eigenvalue weighted by Crippen LogP contribution is 2.23. The van der Waals surface area contributed by atoms with Crippen molar-refractivity contribution in [3.63, 3.8) is 0 Å². The fraction of sp³-hybridized carbons (Fsp3) is 0.500. The summed E-state index contributed by atoms with van der Waals surface area (Å²) in [6.07, 6.45) is 0. The van der Waals surface area contributed by atoms with Crippen LogP contribution in [0.15, 0.2) is 10.6 Å². The largest absolute Gasteiger partial charge is 0.352 e. The van der Waals surface area contributed by atoms with Gasteiger partial charge in [-0.25, -0.2) is 4.98 Å². The lowest BCUT2D eigenvalue weighted by Gasteiger charge is -2.21. The summed E-state index contributed by atoms with van der Waals surface area (Å²) in [7, 11) is 0. The van der Waals surface area contributed by atoms with Crippen LogP contribution in [0.2, 0.25) is 0 Å². The summed E-state index contributed by atoms with van der Waals surface area (Å²) < 4.78 is 5.16. The van der Waals surface area contributed by atoms with Gasteiger partial charge in [-0.2, -0.15) is 0 Å². The molecule has 23 heavy (non-hydrogen) atoms. The third-order valence-electron chi connectivity index (χ3n) is 3.43. The van der Waals surface area contributed by atoms with Crippen LogP contribution in [-0.2, 0) is 4.79 Å². The van der Waals surface area contributed by atoms with Crippen molar-refractivity contribution in [1.29, 1.82) is 0 Å². The van der Waals surface area contributed by atoms with Gasteiger partial charge in [0.15, 0.2) is 0 Å². The Hall–Kier alpha value is -2.44. The number of aromatic nitrogens is 2. The summed E-state index contributed by atoms with van der Waals surface area (Å²) >= 11 is 0. The summed E-state index contributed by atoms with van der Waals surface area (Å²) in [6, 6.07) is 1.74. The van der Waals surface area contributed by atoms with E-state index in [1.807, 2.05) is 20.8 Å². The maximum Gasteiger partial charge on any atom is 0.258 e. The van der Waals surface area contributed by atoms with Crippen molar-refractivity contribution in [2.24, 2.45) is 0 Å². The van der Waals surface area contributed by atoms with E-state index in [1.54, 1.807) is 19.9 Å². The molecule has 2 heterocycles. The van der Waals surface area contributed by atoms with Gasteiger partial charge in [-0.05, 0) is 40.7 Å². The van der Waals surface area contributed by atoms with E-state index in [-0.39, 0.29) is 24.4 Å². The minimum absolute atomic E-state index is 0.0146. The standard InChI is InChI=1S/C16H22N4O3/c1-6-20(8-13(21)17-9(2)3)16(22)12-7-10(4)18-15-14(12)11(5)19-23-15/h7,9H,6,8H2,1-5H3,(H,17,21). The van der Waals surface area contributed by atoms with Gasteiger partial charge in [-0.3, -0.25) is 9.59 Å². The number of carbonyl (C=O) groups excluding carboxylic acids is 2. The van der Waals surface area contributed by atoms with Crippen molar-refractivity contribution in [1.82, 2.24) is 20.4 Å². The Bertz CT molecular complexity index is 736. The first-order valence-electron chi connectivity index (χ1n) is 7.65. The minimum atomic E-state index is -0.229. The maximum atomic E-state index is 12.9. The lowest BCUT2D eigenvalue weighted by Crippen LogP contribution is -2.42. The molecule has 0 radical (unpaired) electrons. The normalized spacial score (nSPS) is 11.0. The number of aryl methyl sites for hydroxylation is 2. The SMILES string of the molecule is CCN(CC(=O)NC(C)C)C(=O)c1cc(C)nc2onc(C)c12. The quantitative estimate of drug-likeness (QED) is 0.908. The number of nitrogens with zero attached hydrogens (tertiary/aromatic N) is 3. The molecule has 2 amide bonds. The zero-order valence-electron chi connectivity index (χ0n) is 14.1. The lowest BCUT2D eigenvalue weighted by atomic mass is 10.1. The first kappa shape index (κ1) is 16.9. The molecule has 1 N–H and O–H groups in total. The first-order chi connectivity index (χ1) is 10.8. The van der Waals surface area contributed by atoms with Crippen LogP contribution in [0.25, 0.3) is 11.1 Å². The van der Waals surface area contributed by atoms with E-state index in [4.69, 9.17) is 4.52 Å². The topological polar surface area (TPSA) is 88.3 Å². The van der Waals surface area contributed by atoms with Gasteiger partial charge in [0.1, 0.15) is 0 Å². The molecule has 7 heteroatoms. The van der Waals surface area contributed by atoms with Crippen LogP contribution in [0.1, 0.15) is 42.5 Å². The molecule has 0 fully saturated rings. The molecule has 0 bridgehead atoms. The highest BCUT2D eigenvalue weighted by atomic mass is 16.5. The third-order valence-corrected chi connectivity index (χ3v) is 3.43. The molecule has 124 valence electrons. The predicted octanol–water partition coefficient (Wildman–Crippen LogP) is 1.83. The Morgan fingerprint density at radius 2 is 2.04 bits per heavy atom. The number of likely N-dealkylation sites (N-methyl/N-ethyl adjacent to an activating group) is 1. The monoisotopic (exact) mass is 318 g/mol. The van der Waals surface area contributed by atoms with Crippen molar-refractivity contribution >= 4 is 22.9 Å². The minimum Gasteiger partial charge on any atom is -0.352 e. The third kappa shape index (κ3) is 3.67. The van der Waals surface area contributed by atoms with Gasteiger partial charge in [-0.15, -0.1) is 0 Å². The predicted molar refractivity (Wildman–Crippen MR) is 86.1 cm³/mol. The molecule has 0 aliphatic carbocycles. The van der Waals surface area contributed by atoms with Crippen molar-refractivity contribution in [2.45, 2.75) is 40.7 Å². The highest BCUT2D eigenvalue weighted by Gasteiger charge is 2.23. The van der Waals surface area contributed by atoms with Crippen LogP contribution >= 0.6 is 0 Å². The molecule has 0 saturated heterocycles. The van der Waals surface area contributed by atoms with E-state index >= 15 is 0 Å². The molecule has 0 unspecified atom stereocenters. The fourth-order valence-corrected chi connectivity index (χ4v) is 2.42. The van der Waals surface area contributed by atoms with Gasteiger partial charge < -0.3 is 14.7 Å². The molecular formula is C16H22N4O3. The molecule has 0 atom stereocenters. The molecular weight excluding hydrogens is 296 g/mol. The van der Waals surface area contributed by atoms with Crippen LogP contribution < -0.4 is 5.32 Å². The van der Waals surface area contributed by atoms with Gasteiger partial charge in [0, 0.05) is 18.3 Å². The number of fused-ring (bicyclic) bond motifs is 1. The lowest BCUT2D eigenvalue weighted by molar-refractivity contribution is -0.122. The average Bonchev–Trinajstić information content (AvgIpc) is 2.83. The van der Waals surface area contributed by atoms with Crippen molar-refractivity contribution < 1.29 is 14.1 Å².